The second-order valence-electron chi connectivity index (χ2n) is 7.80. The summed E-state index contributed by atoms with van der Waals surface area (Å²) >= 11 is 0. The van der Waals surface area contributed by atoms with Gasteiger partial charge >= 0.3 is 0 Å². The number of nitrogens with zero attached hydrogens (tertiary/aromatic N) is 6. The summed E-state index contributed by atoms with van der Waals surface area (Å²) in [5.41, 5.74) is 7.29. The molecule has 3 heterocycles. The first-order valence-electron chi connectivity index (χ1n) is 10.1. The van der Waals surface area contributed by atoms with Crippen molar-refractivity contribution in [2.75, 3.05) is 0 Å². The van der Waals surface area contributed by atoms with Gasteiger partial charge in [0.15, 0.2) is 5.82 Å². The van der Waals surface area contributed by atoms with Gasteiger partial charge in [-0.1, -0.05) is 19.3 Å². The Labute approximate surface area is 158 Å². The molecule has 0 unspecified atom stereocenters. The molecule has 2 aliphatic carbocycles. The number of hydrogen-bond acceptors (Lipinski definition) is 5. The van der Waals surface area contributed by atoms with Gasteiger partial charge in [-0.2, -0.15) is 5.10 Å². The normalized spacial score (nSPS) is 17.8. The van der Waals surface area contributed by atoms with Gasteiger partial charge in [0.1, 0.15) is 0 Å². The summed E-state index contributed by atoms with van der Waals surface area (Å²) in [6.45, 7) is 0. The van der Waals surface area contributed by atoms with Crippen molar-refractivity contribution in [1.29, 1.82) is 0 Å². The zero-order valence-corrected chi connectivity index (χ0v) is 15.8. The number of rotatable bonds is 3. The standard InChI is InChI=1S/C20H25N7/c1-27-16(11-12-21-27)17-14-9-3-2-4-10-15(14)22-19(13-7-5-6-8-13)18(17)20-23-25-26-24-20/h11-13H,2-10H2,1H3,(H,23,24,25,26). The lowest BCUT2D eigenvalue weighted by molar-refractivity contribution is 0.684. The van der Waals surface area contributed by atoms with E-state index in [4.69, 9.17) is 4.98 Å². The van der Waals surface area contributed by atoms with E-state index in [9.17, 15) is 0 Å². The maximum atomic E-state index is 5.27. The molecule has 3 aromatic rings. The van der Waals surface area contributed by atoms with Crippen molar-refractivity contribution in [3.8, 4) is 22.6 Å². The molecule has 5 rings (SSSR count). The summed E-state index contributed by atoms with van der Waals surface area (Å²) in [6, 6.07) is 2.10. The largest absolute Gasteiger partial charge is 0.268 e. The molecule has 7 nitrogen and oxygen atoms in total. The number of aromatic nitrogens is 7. The van der Waals surface area contributed by atoms with Gasteiger partial charge in [0.25, 0.3) is 0 Å². The van der Waals surface area contributed by atoms with Crippen LogP contribution in [0.3, 0.4) is 0 Å². The number of fused-ring (bicyclic) bond motifs is 1. The molecule has 140 valence electrons. The van der Waals surface area contributed by atoms with E-state index in [1.807, 2.05) is 17.9 Å². The predicted octanol–water partition coefficient (Wildman–Crippen LogP) is 3.59. The molecule has 0 radical (unpaired) electrons. The lowest BCUT2D eigenvalue weighted by Gasteiger charge is -2.22. The van der Waals surface area contributed by atoms with Crippen molar-refractivity contribution in [2.45, 2.75) is 63.7 Å². The maximum absolute atomic E-state index is 5.27. The minimum atomic E-state index is 0.491. The second-order valence-corrected chi connectivity index (χ2v) is 7.80. The highest BCUT2D eigenvalue weighted by Gasteiger charge is 2.30. The van der Waals surface area contributed by atoms with Crippen LogP contribution >= 0.6 is 0 Å². The first-order valence-corrected chi connectivity index (χ1v) is 10.1. The lowest BCUT2D eigenvalue weighted by Crippen LogP contribution is -2.11. The number of hydrogen-bond donors (Lipinski definition) is 1. The van der Waals surface area contributed by atoms with Crippen LogP contribution in [0, 0.1) is 0 Å². The highest BCUT2D eigenvalue weighted by Crippen LogP contribution is 2.44. The zero-order chi connectivity index (χ0) is 18.2. The molecule has 0 aromatic carbocycles. The molecule has 0 bridgehead atoms. The molecule has 0 spiro atoms. The van der Waals surface area contributed by atoms with E-state index in [0.717, 1.165) is 29.9 Å². The van der Waals surface area contributed by atoms with Crippen LogP contribution in [0.5, 0.6) is 0 Å². The van der Waals surface area contributed by atoms with E-state index in [2.05, 4.69) is 31.8 Å². The van der Waals surface area contributed by atoms with Crippen LogP contribution in [0.15, 0.2) is 12.3 Å². The average molecular weight is 363 g/mol. The zero-order valence-electron chi connectivity index (χ0n) is 15.8. The van der Waals surface area contributed by atoms with Crippen molar-refractivity contribution >= 4 is 0 Å². The molecule has 1 saturated carbocycles. The van der Waals surface area contributed by atoms with Gasteiger partial charge in [-0.05, 0) is 60.6 Å². The monoisotopic (exact) mass is 363 g/mol. The summed E-state index contributed by atoms with van der Waals surface area (Å²) in [5.74, 6) is 1.22. The van der Waals surface area contributed by atoms with Gasteiger partial charge < -0.3 is 0 Å². The highest BCUT2D eigenvalue weighted by molar-refractivity contribution is 5.84. The Morgan fingerprint density at radius 1 is 1.04 bits per heavy atom. The van der Waals surface area contributed by atoms with Crippen LogP contribution in [0.4, 0.5) is 0 Å². The van der Waals surface area contributed by atoms with Gasteiger partial charge in [-0.15, -0.1) is 5.10 Å². The molecule has 27 heavy (non-hydrogen) atoms. The van der Waals surface area contributed by atoms with Crippen molar-refractivity contribution in [3.63, 3.8) is 0 Å². The molecule has 0 aliphatic heterocycles. The number of pyridine rings is 1. The third-order valence-electron chi connectivity index (χ3n) is 6.15. The summed E-state index contributed by atoms with van der Waals surface area (Å²) in [5, 5.41) is 19.5. The Kier molecular flexibility index (Phi) is 4.22. The topological polar surface area (TPSA) is 85.2 Å². The van der Waals surface area contributed by atoms with Crippen LogP contribution in [-0.2, 0) is 19.9 Å². The molecule has 3 aromatic heterocycles. The molecule has 0 amide bonds. The molecule has 0 saturated heterocycles. The van der Waals surface area contributed by atoms with Crippen LogP contribution in [0.1, 0.15) is 67.8 Å². The van der Waals surface area contributed by atoms with Gasteiger partial charge in [0, 0.05) is 30.4 Å². The fraction of sp³-hybridized carbons (Fsp3) is 0.550. The molecule has 0 atom stereocenters. The summed E-state index contributed by atoms with van der Waals surface area (Å²) in [7, 11) is 2.01. The van der Waals surface area contributed by atoms with E-state index in [1.54, 1.807) is 0 Å². The van der Waals surface area contributed by atoms with Gasteiger partial charge in [0.05, 0.1) is 17.0 Å². The number of tetrazole rings is 1. The number of H-pyrrole nitrogens is 1. The Hall–Kier alpha value is -2.57. The quantitative estimate of drug-likeness (QED) is 0.719. The number of aryl methyl sites for hydroxylation is 2. The molecular formula is C20H25N7. The molecule has 1 fully saturated rings. The number of nitrogens with one attached hydrogen (secondary N) is 1. The van der Waals surface area contributed by atoms with Crippen LogP contribution in [0.25, 0.3) is 22.6 Å². The highest BCUT2D eigenvalue weighted by atomic mass is 15.5. The van der Waals surface area contributed by atoms with E-state index in [1.165, 1.54) is 67.5 Å². The maximum Gasteiger partial charge on any atom is 0.181 e. The van der Waals surface area contributed by atoms with Crippen LogP contribution in [0.2, 0.25) is 0 Å². The second kappa shape index (κ2) is 6.87. The fourth-order valence-corrected chi connectivity index (χ4v) is 4.84. The minimum Gasteiger partial charge on any atom is -0.268 e. The Balaban J connectivity index is 1.84. The summed E-state index contributed by atoms with van der Waals surface area (Å²) in [4.78, 5) is 5.27. The SMILES string of the molecule is Cn1nccc1-c1c2c(nc(C3CCCC3)c1-c1nnn[nH]1)CCCCC2. The molecule has 1 N–H and O–H groups in total. The Bertz CT molecular complexity index is 936. The lowest BCUT2D eigenvalue weighted by atomic mass is 9.88. The average Bonchev–Trinajstić information content (AvgIpc) is 3.42. The van der Waals surface area contributed by atoms with Gasteiger partial charge in [0.2, 0.25) is 0 Å². The predicted molar refractivity (Wildman–Crippen MR) is 102 cm³/mol. The summed E-state index contributed by atoms with van der Waals surface area (Å²) in [6.07, 6.45) is 12.6. The Morgan fingerprint density at radius 2 is 1.89 bits per heavy atom. The fourth-order valence-electron chi connectivity index (χ4n) is 4.84. The van der Waals surface area contributed by atoms with E-state index >= 15 is 0 Å². The molecule has 7 heteroatoms. The van der Waals surface area contributed by atoms with Gasteiger partial charge in [-0.25, -0.2) is 5.10 Å². The van der Waals surface area contributed by atoms with Gasteiger partial charge in [-0.3, -0.25) is 9.67 Å². The number of aromatic amines is 1. The minimum absolute atomic E-state index is 0.491. The molecule has 2 aliphatic rings. The van der Waals surface area contributed by atoms with E-state index in [-0.39, 0.29) is 0 Å². The van der Waals surface area contributed by atoms with E-state index in [0.29, 0.717) is 5.92 Å². The van der Waals surface area contributed by atoms with Crippen molar-refractivity contribution in [1.82, 2.24) is 35.4 Å². The van der Waals surface area contributed by atoms with Crippen molar-refractivity contribution in [3.05, 3.63) is 29.2 Å². The van der Waals surface area contributed by atoms with E-state index < -0.39 is 0 Å². The smallest absolute Gasteiger partial charge is 0.181 e. The molecular weight excluding hydrogens is 338 g/mol. The van der Waals surface area contributed by atoms with Crippen LogP contribution in [-0.4, -0.2) is 35.4 Å². The van der Waals surface area contributed by atoms with Crippen LogP contribution < -0.4 is 0 Å². The summed E-state index contributed by atoms with van der Waals surface area (Å²) < 4.78 is 1.96. The first-order chi connectivity index (χ1) is 13.3. The Morgan fingerprint density at radius 3 is 2.63 bits per heavy atom. The van der Waals surface area contributed by atoms with Crippen molar-refractivity contribution < 1.29 is 0 Å². The first kappa shape index (κ1) is 16.6. The third-order valence-corrected chi connectivity index (χ3v) is 6.15. The van der Waals surface area contributed by atoms with Crippen molar-refractivity contribution in [2.24, 2.45) is 7.05 Å². The third kappa shape index (κ3) is 2.85.